The van der Waals surface area contributed by atoms with Gasteiger partial charge in [0.25, 0.3) is 11.5 Å². The summed E-state index contributed by atoms with van der Waals surface area (Å²) in [6, 6.07) is 8.66. The van der Waals surface area contributed by atoms with Crippen LogP contribution in [0, 0.1) is 18.2 Å². The first-order chi connectivity index (χ1) is 19.1. The molecule has 2 fully saturated rings. The van der Waals surface area contributed by atoms with Crippen LogP contribution in [0.25, 0.3) is 21.9 Å². The molecular formula is C31H39FN4O4. The van der Waals surface area contributed by atoms with E-state index in [0.29, 0.717) is 36.1 Å². The quantitative estimate of drug-likeness (QED) is 0.327. The molecule has 0 bridgehead atoms. The van der Waals surface area contributed by atoms with E-state index in [4.69, 9.17) is 0 Å². The number of aliphatic hydroxyl groups is 2. The average molecular weight is 551 g/mol. The molecule has 1 saturated carbocycles. The van der Waals surface area contributed by atoms with Crippen molar-refractivity contribution in [3.63, 3.8) is 0 Å². The van der Waals surface area contributed by atoms with E-state index in [1.807, 2.05) is 32.2 Å². The predicted octanol–water partition coefficient (Wildman–Crippen LogP) is 2.79. The third-order valence-electron chi connectivity index (χ3n) is 7.98. The van der Waals surface area contributed by atoms with Gasteiger partial charge in [-0.05, 0) is 71.7 Å². The first-order valence-corrected chi connectivity index (χ1v) is 14.0. The molecule has 9 heteroatoms. The van der Waals surface area contributed by atoms with Crippen molar-refractivity contribution in [1.82, 2.24) is 20.1 Å². The van der Waals surface area contributed by atoms with Crippen LogP contribution in [0.5, 0.6) is 0 Å². The summed E-state index contributed by atoms with van der Waals surface area (Å²) < 4.78 is 16.7. The summed E-state index contributed by atoms with van der Waals surface area (Å²) in [5, 5.41) is 27.1. The monoisotopic (exact) mass is 550 g/mol. The summed E-state index contributed by atoms with van der Waals surface area (Å²) in [5.74, 6) is -0.730. The van der Waals surface area contributed by atoms with E-state index in [1.54, 1.807) is 23.6 Å². The van der Waals surface area contributed by atoms with Crippen molar-refractivity contribution in [3.05, 3.63) is 69.4 Å². The predicted molar refractivity (Wildman–Crippen MR) is 154 cm³/mol. The fraction of sp³-hybridized carbons (Fsp3) is 0.484. The molecule has 4 N–H and O–H groups in total. The highest BCUT2D eigenvalue weighted by Crippen LogP contribution is 2.31. The second kappa shape index (κ2) is 11.4. The summed E-state index contributed by atoms with van der Waals surface area (Å²) in [5.41, 5.74) is 2.36. The fourth-order valence-electron chi connectivity index (χ4n) is 5.40. The highest BCUT2D eigenvalue weighted by molar-refractivity contribution is 5.97. The second-order valence-corrected chi connectivity index (χ2v) is 12.1. The minimum absolute atomic E-state index is 0.0232. The number of nitrogens with zero attached hydrogens (tertiary/aromatic N) is 2. The molecule has 8 nitrogen and oxygen atoms in total. The number of fused-ring (bicyclic) bond motifs is 1. The topological polar surface area (TPSA) is 107 Å². The first kappa shape index (κ1) is 28.4. The summed E-state index contributed by atoms with van der Waals surface area (Å²) in [7, 11) is 0. The van der Waals surface area contributed by atoms with Crippen LogP contribution in [0.15, 0.2) is 41.3 Å². The van der Waals surface area contributed by atoms with Gasteiger partial charge in [-0.2, -0.15) is 0 Å². The molecule has 5 rings (SSSR count). The Hall–Kier alpha value is -3.11. The minimum atomic E-state index is -0.484. The molecule has 3 aromatic rings. The number of pyridine rings is 1. The minimum Gasteiger partial charge on any atom is -0.396 e. The Balaban J connectivity index is 1.60. The molecule has 214 valence electrons. The first-order valence-electron chi connectivity index (χ1n) is 14.0. The number of nitrogens with one attached hydrogen (secondary N) is 2. The highest BCUT2D eigenvalue weighted by Gasteiger charge is 2.26. The van der Waals surface area contributed by atoms with Crippen LogP contribution in [0.2, 0.25) is 0 Å². The van der Waals surface area contributed by atoms with Crippen molar-refractivity contribution < 1.29 is 19.4 Å². The van der Waals surface area contributed by atoms with Gasteiger partial charge in [-0.1, -0.05) is 19.9 Å². The fourth-order valence-corrected chi connectivity index (χ4v) is 5.40. The lowest BCUT2D eigenvalue weighted by atomic mass is 9.93. The lowest BCUT2D eigenvalue weighted by Crippen LogP contribution is -2.51. The molecule has 1 atom stereocenters. The Morgan fingerprint density at radius 1 is 1.18 bits per heavy atom. The number of rotatable bonds is 9. The van der Waals surface area contributed by atoms with Crippen LogP contribution in [0.3, 0.4) is 0 Å². The molecule has 1 aliphatic heterocycles. The van der Waals surface area contributed by atoms with Crippen LogP contribution < -0.4 is 16.2 Å². The number of hydrogen-bond donors (Lipinski definition) is 4. The number of carbonyl (C=O) groups excluding carboxylic acids is 1. The Morgan fingerprint density at radius 3 is 2.65 bits per heavy atom. The molecule has 1 amide bonds. The van der Waals surface area contributed by atoms with Crippen molar-refractivity contribution in [1.29, 1.82) is 0 Å². The zero-order chi connectivity index (χ0) is 28.6. The van der Waals surface area contributed by atoms with Crippen LogP contribution in [0.1, 0.15) is 48.2 Å². The van der Waals surface area contributed by atoms with Crippen LogP contribution in [-0.4, -0.2) is 70.5 Å². The number of aromatic nitrogens is 1. The van der Waals surface area contributed by atoms with Crippen molar-refractivity contribution in [3.8, 4) is 11.1 Å². The maximum absolute atomic E-state index is 15.0. The summed E-state index contributed by atoms with van der Waals surface area (Å²) in [6.45, 7) is 8.64. The van der Waals surface area contributed by atoms with E-state index in [-0.39, 0.29) is 42.3 Å². The molecule has 2 heterocycles. The van der Waals surface area contributed by atoms with Crippen LogP contribution in [-0.2, 0) is 13.1 Å². The second-order valence-electron chi connectivity index (χ2n) is 12.1. The largest absolute Gasteiger partial charge is 0.396 e. The van der Waals surface area contributed by atoms with Crippen LogP contribution in [0.4, 0.5) is 4.39 Å². The van der Waals surface area contributed by atoms with Gasteiger partial charge in [0, 0.05) is 74.0 Å². The summed E-state index contributed by atoms with van der Waals surface area (Å²) in [4.78, 5) is 28.6. The number of aliphatic hydroxyl groups excluding tert-OH is 2. The van der Waals surface area contributed by atoms with Crippen molar-refractivity contribution >= 4 is 16.7 Å². The van der Waals surface area contributed by atoms with Gasteiger partial charge in [-0.3, -0.25) is 14.5 Å². The molecule has 0 radical (unpaired) electrons. The van der Waals surface area contributed by atoms with Gasteiger partial charge in [0.1, 0.15) is 5.82 Å². The van der Waals surface area contributed by atoms with Crippen molar-refractivity contribution in [2.75, 3.05) is 32.8 Å². The zero-order valence-corrected chi connectivity index (χ0v) is 23.5. The number of carbonyl (C=O) groups is 1. The van der Waals surface area contributed by atoms with E-state index in [2.05, 4.69) is 15.5 Å². The molecular weight excluding hydrogens is 511 g/mol. The molecule has 2 aliphatic rings. The lowest BCUT2D eigenvalue weighted by molar-refractivity contribution is 0.0950. The molecule has 40 heavy (non-hydrogen) atoms. The number of hydrogen-bond acceptors (Lipinski definition) is 6. The summed E-state index contributed by atoms with van der Waals surface area (Å²) in [6.07, 6.45) is 3.76. The number of halogens is 1. The van der Waals surface area contributed by atoms with E-state index in [9.17, 15) is 19.8 Å². The van der Waals surface area contributed by atoms with Gasteiger partial charge in [0.05, 0.1) is 6.61 Å². The molecule has 1 saturated heterocycles. The standard InChI is InChI=1S/C31H39FN4O4/c1-19-26(11-21(12-28(19)32)29(39)34-23-5-6-23)20-4-7-25-27(10-20)22(13-35-9-8-33-24(15-35)16-37)14-36(30(25)40)17-31(2,3)18-38/h4,7,10-12,14,23-24,33,37-38H,5-6,8-9,13,15-18H2,1-3H3,(H,34,39). The normalized spacial score (nSPS) is 18.3. The third kappa shape index (κ3) is 6.12. The lowest BCUT2D eigenvalue weighted by Gasteiger charge is -2.33. The molecule has 0 spiro atoms. The van der Waals surface area contributed by atoms with E-state index < -0.39 is 11.2 Å². The maximum atomic E-state index is 15.0. The smallest absolute Gasteiger partial charge is 0.258 e. The Labute approximate surface area is 233 Å². The summed E-state index contributed by atoms with van der Waals surface area (Å²) >= 11 is 0. The molecule has 1 aliphatic carbocycles. The van der Waals surface area contributed by atoms with Gasteiger partial charge in [-0.25, -0.2) is 4.39 Å². The van der Waals surface area contributed by atoms with E-state index in [1.165, 1.54) is 6.07 Å². The van der Waals surface area contributed by atoms with Gasteiger partial charge in [0.15, 0.2) is 0 Å². The number of piperazine rings is 1. The SMILES string of the molecule is Cc1c(F)cc(C(=O)NC2CC2)cc1-c1ccc2c(=O)n(CC(C)(C)CO)cc(CN3CCNC(CO)C3)c2c1. The molecule has 2 aromatic carbocycles. The van der Waals surface area contributed by atoms with Crippen LogP contribution >= 0.6 is 0 Å². The highest BCUT2D eigenvalue weighted by atomic mass is 19.1. The van der Waals surface area contributed by atoms with Crippen molar-refractivity contribution in [2.24, 2.45) is 5.41 Å². The van der Waals surface area contributed by atoms with Gasteiger partial charge >= 0.3 is 0 Å². The molecule has 1 unspecified atom stereocenters. The maximum Gasteiger partial charge on any atom is 0.258 e. The Morgan fingerprint density at radius 2 is 1.95 bits per heavy atom. The Kier molecular flexibility index (Phi) is 8.10. The Bertz CT molecular complexity index is 1480. The van der Waals surface area contributed by atoms with E-state index >= 15 is 4.39 Å². The zero-order valence-electron chi connectivity index (χ0n) is 23.5. The average Bonchev–Trinajstić information content (AvgIpc) is 3.76. The molecule has 1 aromatic heterocycles. The van der Waals surface area contributed by atoms with E-state index in [0.717, 1.165) is 42.4 Å². The van der Waals surface area contributed by atoms with Crippen molar-refractivity contribution in [2.45, 2.75) is 58.8 Å². The van der Waals surface area contributed by atoms with Gasteiger partial charge in [0.2, 0.25) is 0 Å². The number of amides is 1. The third-order valence-corrected chi connectivity index (χ3v) is 7.98. The number of benzene rings is 2. The van der Waals surface area contributed by atoms with Gasteiger partial charge in [-0.15, -0.1) is 0 Å². The van der Waals surface area contributed by atoms with Gasteiger partial charge < -0.3 is 25.4 Å².